The Morgan fingerprint density at radius 3 is 2.93 bits per heavy atom. The first-order chi connectivity index (χ1) is 7.00. The average molecular weight is 230 g/mol. The van der Waals surface area contributed by atoms with Gasteiger partial charge in [-0.1, -0.05) is 0 Å². The van der Waals surface area contributed by atoms with Gasteiger partial charge in [0.1, 0.15) is 11.5 Å². The molecule has 1 amide bonds. The van der Waals surface area contributed by atoms with Crippen molar-refractivity contribution < 1.29 is 9.00 Å². The third-order valence-corrected chi connectivity index (χ3v) is 3.26. The van der Waals surface area contributed by atoms with Gasteiger partial charge in [0.2, 0.25) is 0 Å². The first-order valence-corrected chi connectivity index (χ1v) is 6.04. The van der Waals surface area contributed by atoms with Crippen LogP contribution < -0.4 is 11.1 Å². The number of anilines is 1. The third-order valence-electron chi connectivity index (χ3n) is 1.96. The lowest BCUT2D eigenvalue weighted by Gasteiger charge is -2.08. The van der Waals surface area contributed by atoms with Crippen molar-refractivity contribution in [2.75, 3.05) is 18.5 Å². The molecule has 0 fully saturated rings. The van der Waals surface area contributed by atoms with Crippen molar-refractivity contribution >= 4 is 22.5 Å². The molecule has 0 aliphatic rings. The molecule has 84 valence electrons. The molecule has 1 rings (SSSR count). The van der Waals surface area contributed by atoms with E-state index in [2.05, 4.69) is 15.5 Å². The van der Waals surface area contributed by atoms with Crippen molar-refractivity contribution in [1.29, 1.82) is 0 Å². The van der Waals surface area contributed by atoms with Gasteiger partial charge in [-0.05, 0) is 6.92 Å². The van der Waals surface area contributed by atoms with Crippen molar-refractivity contribution in [3.63, 3.8) is 0 Å². The SMILES string of the molecule is CC(CNC(=O)c1cc(N)n[nH]1)S(C)=O. The highest BCUT2D eigenvalue weighted by molar-refractivity contribution is 7.84. The monoisotopic (exact) mass is 230 g/mol. The van der Waals surface area contributed by atoms with Gasteiger partial charge in [-0.15, -0.1) is 0 Å². The van der Waals surface area contributed by atoms with Crippen LogP contribution in [0.2, 0.25) is 0 Å². The topological polar surface area (TPSA) is 101 Å². The fraction of sp³-hybridized carbons (Fsp3) is 0.500. The normalized spacial score (nSPS) is 14.5. The highest BCUT2D eigenvalue weighted by Crippen LogP contribution is 2.00. The molecule has 4 N–H and O–H groups in total. The fourth-order valence-electron chi connectivity index (χ4n) is 0.903. The Kier molecular flexibility index (Phi) is 3.84. The zero-order valence-corrected chi connectivity index (χ0v) is 9.43. The molecule has 0 saturated heterocycles. The molecule has 7 heteroatoms. The summed E-state index contributed by atoms with van der Waals surface area (Å²) in [6, 6.07) is 1.45. The molecule has 0 aliphatic carbocycles. The number of carbonyl (C=O) groups is 1. The van der Waals surface area contributed by atoms with E-state index in [4.69, 9.17) is 5.73 Å². The molecule has 1 heterocycles. The van der Waals surface area contributed by atoms with E-state index < -0.39 is 10.8 Å². The minimum Gasteiger partial charge on any atom is -0.382 e. The molecule has 1 aromatic rings. The Balaban J connectivity index is 2.47. The lowest BCUT2D eigenvalue weighted by Crippen LogP contribution is -2.32. The van der Waals surface area contributed by atoms with Crippen LogP contribution in [0.25, 0.3) is 0 Å². The van der Waals surface area contributed by atoms with Gasteiger partial charge in [-0.3, -0.25) is 14.1 Å². The first kappa shape index (κ1) is 11.7. The van der Waals surface area contributed by atoms with E-state index in [9.17, 15) is 9.00 Å². The van der Waals surface area contributed by atoms with Crippen LogP contribution in [0.15, 0.2) is 6.07 Å². The summed E-state index contributed by atoms with van der Waals surface area (Å²) < 4.78 is 11.0. The van der Waals surface area contributed by atoms with Crippen molar-refractivity contribution in [2.45, 2.75) is 12.2 Å². The van der Waals surface area contributed by atoms with Gasteiger partial charge in [0.05, 0.1) is 0 Å². The number of amides is 1. The number of nitrogens with zero attached hydrogens (tertiary/aromatic N) is 1. The molecule has 15 heavy (non-hydrogen) atoms. The molecule has 0 radical (unpaired) electrons. The number of hydrogen-bond acceptors (Lipinski definition) is 4. The van der Waals surface area contributed by atoms with Crippen molar-refractivity contribution in [3.8, 4) is 0 Å². The van der Waals surface area contributed by atoms with Gasteiger partial charge in [0.15, 0.2) is 0 Å². The summed E-state index contributed by atoms with van der Waals surface area (Å²) in [7, 11) is -0.943. The van der Waals surface area contributed by atoms with Crippen molar-refractivity contribution in [1.82, 2.24) is 15.5 Å². The third kappa shape index (κ3) is 3.35. The molecule has 0 saturated carbocycles. The maximum Gasteiger partial charge on any atom is 0.269 e. The molecule has 0 bridgehead atoms. The van der Waals surface area contributed by atoms with E-state index in [1.165, 1.54) is 6.07 Å². The van der Waals surface area contributed by atoms with Crippen LogP contribution in [0.1, 0.15) is 17.4 Å². The lowest BCUT2D eigenvalue weighted by molar-refractivity contribution is 0.0949. The van der Waals surface area contributed by atoms with Gasteiger partial charge in [-0.2, -0.15) is 5.10 Å². The second kappa shape index (κ2) is 4.92. The number of nitrogen functional groups attached to an aromatic ring is 1. The maximum absolute atomic E-state index is 11.4. The van der Waals surface area contributed by atoms with Crippen LogP contribution >= 0.6 is 0 Å². The molecule has 0 spiro atoms. The first-order valence-electron chi connectivity index (χ1n) is 4.42. The zero-order valence-electron chi connectivity index (χ0n) is 8.61. The van der Waals surface area contributed by atoms with Crippen LogP contribution in [0.4, 0.5) is 5.82 Å². The molecule has 1 aromatic heterocycles. The summed E-state index contributed by atoms with van der Waals surface area (Å²) in [5.41, 5.74) is 5.66. The highest BCUT2D eigenvalue weighted by Gasteiger charge is 2.11. The summed E-state index contributed by atoms with van der Waals surface area (Å²) in [6.07, 6.45) is 1.60. The van der Waals surface area contributed by atoms with E-state index in [1.54, 1.807) is 13.2 Å². The number of nitrogens with two attached hydrogens (primary N) is 1. The molecule has 2 unspecified atom stereocenters. The van der Waals surface area contributed by atoms with Gasteiger partial charge in [-0.25, -0.2) is 0 Å². The number of nitrogens with one attached hydrogen (secondary N) is 2. The molecule has 0 aliphatic heterocycles. The quantitative estimate of drug-likeness (QED) is 0.648. The largest absolute Gasteiger partial charge is 0.382 e. The van der Waals surface area contributed by atoms with Gasteiger partial charge >= 0.3 is 0 Å². The van der Waals surface area contributed by atoms with E-state index >= 15 is 0 Å². The minimum atomic E-state index is -0.943. The van der Waals surface area contributed by atoms with Crippen LogP contribution in [0, 0.1) is 0 Å². The number of H-pyrrole nitrogens is 1. The number of rotatable bonds is 4. The second-order valence-electron chi connectivity index (χ2n) is 3.23. The van der Waals surface area contributed by atoms with Crippen LogP contribution in [0.3, 0.4) is 0 Å². The molecule has 2 atom stereocenters. The Morgan fingerprint density at radius 1 is 1.80 bits per heavy atom. The average Bonchev–Trinajstić information content (AvgIpc) is 2.60. The number of hydrogen-bond donors (Lipinski definition) is 3. The number of aromatic amines is 1. The molecule has 0 aromatic carbocycles. The molecule has 6 nitrogen and oxygen atoms in total. The van der Waals surface area contributed by atoms with E-state index in [1.807, 2.05) is 0 Å². The van der Waals surface area contributed by atoms with Crippen molar-refractivity contribution in [3.05, 3.63) is 11.8 Å². The molecular formula is C8H14N4O2S. The summed E-state index contributed by atoms with van der Waals surface area (Å²) >= 11 is 0. The van der Waals surface area contributed by atoms with Crippen LogP contribution in [-0.4, -0.2) is 38.4 Å². The van der Waals surface area contributed by atoms with E-state index in [0.717, 1.165) is 0 Å². The van der Waals surface area contributed by atoms with Crippen molar-refractivity contribution in [2.24, 2.45) is 0 Å². The highest BCUT2D eigenvalue weighted by atomic mass is 32.2. The Labute approximate surface area is 90.1 Å². The Morgan fingerprint density at radius 2 is 2.47 bits per heavy atom. The zero-order chi connectivity index (χ0) is 11.4. The maximum atomic E-state index is 11.4. The van der Waals surface area contributed by atoms with Crippen LogP contribution in [-0.2, 0) is 10.8 Å². The number of aromatic nitrogens is 2. The van der Waals surface area contributed by atoms with Gasteiger partial charge in [0.25, 0.3) is 5.91 Å². The lowest BCUT2D eigenvalue weighted by atomic mass is 10.4. The number of carbonyl (C=O) groups excluding carboxylic acids is 1. The molecular weight excluding hydrogens is 216 g/mol. The minimum absolute atomic E-state index is 0.0748. The van der Waals surface area contributed by atoms with E-state index in [0.29, 0.717) is 12.2 Å². The van der Waals surface area contributed by atoms with Gasteiger partial charge < -0.3 is 11.1 Å². The Hall–Kier alpha value is -1.37. The summed E-state index contributed by atoms with van der Waals surface area (Å²) in [5, 5.41) is 8.69. The van der Waals surface area contributed by atoms with Gasteiger partial charge in [0, 0.05) is 34.9 Å². The summed E-state index contributed by atoms with van der Waals surface area (Å²) in [6.45, 7) is 2.17. The summed E-state index contributed by atoms with van der Waals surface area (Å²) in [5.74, 6) is -0.0243. The van der Waals surface area contributed by atoms with E-state index in [-0.39, 0.29) is 17.0 Å². The Bertz CT molecular complexity index is 376. The summed E-state index contributed by atoms with van der Waals surface area (Å²) in [4.78, 5) is 11.4. The predicted octanol–water partition coefficient (Wildman–Crippen LogP) is -0.511. The second-order valence-corrected chi connectivity index (χ2v) is 5.03. The smallest absolute Gasteiger partial charge is 0.269 e. The predicted molar refractivity (Wildman–Crippen MR) is 58.9 cm³/mol. The fourth-order valence-corrected chi connectivity index (χ4v) is 1.22. The standard InChI is InChI=1S/C8H14N4O2S/c1-5(15(2)14)4-10-8(13)6-3-7(9)12-11-6/h3,5H,4H2,1-2H3,(H,10,13)(H3,9,11,12). The van der Waals surface area contributed by atoms with Crippen LogP contribution in [0.5, 0.6) is 0 Å².